The number of nitrogens with zero attached hydrogens (tertiary/aromatic N) is 2. The topological polar surface area (TPSA) is 28.2 Å². The van der Waals surface area contributed by atoms with Crippen molar-refractivity contribution >= 4 is 21.7 Å². The Balaban J connectivity index is 2.12. The van der Waals surface area contributed by atoms with Gasteiger partial charge >= 0.3 is 0 Å². The average Bonchev–Trinajstić information content (AvgIpc) is 2.81. The van der Waals surface area contributed by atoms with E-state index in [4.69, 9.17) is 0 Å². The predicted molar refractivity (Wildman–Crippen MR) is 75.4 cm³/mol. The van der Waals surface area contributed by atoms with Gasteiger partial charge in [0.05, 0.1) is 0 Å². The Bertz CT molecular complexity index is 394. The molecule has 3 nitrogen and oxygen atoms in total. The summed E-state index contributed by atoms with van der Waals surface area (Å²) in [7, 11) is 0. The Morgan fingerprint density at radius 2 is 2.44 bits per heavy atom. The summed E-state index contributed by atoms with van der Waals surface area (Å²) in [6.07, 6.45) is 5.02. The maximum Gasteiger partial charge on any atom is 0.166 e. The summed E-state index contributed by atoms with van der Waals surface area (Å²) in [5.74, 6) is 0.213. The largest absolute Gasteiger partial charge is 0.353 e. The first kappa shape index (κ1) is 13.7. The molecule has 0 bridgehead atoms. The molecular formula is C13H19BrFN3. The molecule has 1 aromatic heterocycles. The van der Waals surface area contributed by atoms with E-state index in [9.17, 15) is 4.39 Å². The van der Waals surface area contributed by atoms with Crippen molar-refractivity contribution in [2.45, 2.75) is 32.2 Å². The third-order valence-electron chi connectivity index (χ3n) is 3.18. The van der Waals surface area contributed by atoms with Gasteiger partial charge < -0.3 is 10.2 Å². The highest BCUT2D eigenvalue weighted by atomic mass is 79.9. The Labute approximate surface area is 116 Å². The summed E-state index contributed by atoms with van der Waals surface area (Å²) in [4.78, 5) is 6.26. The van der Waals surface area contributed by atoms with E-state index in [-0.39, 0.29) is 5.82 Å². The van der Waals surface area contributed by atoms with E-state index in [0.29, 0.717) is 16.3 Å². The number of hydrogen-bond acceptors (Lipinski definition) is 3. The van der Waals surface area contributed by atoms with Crippen LogP contribution in [0, 0.1) is 5.82 Å². The second-order valence-corrected chi connectivity index (χ2v) is 5.61. The Hall–Kier alpha value is -0.680. The molecule has 1 saturated heterocycles. The molecule has 1 fully saturated rings. The molecule has 0 saturated carbocycles. The highest BCUT2D eigenvalue weighted by Crippen LogP contribution is 2.21. The summed E-state index contributed by atoms with van der Waals surface area (Å²) < 4.78 is 14.6. The van der Waals surface area contributed by atoms with Gasteiger partial charge in [-0.2, -0.15) is 0 Å². The molecule has 0 amide bonds. The van der Waals surface area contributed by atoms with Gasteiger partial charge in [-0.1, -0.05) is 6.92 Å². The lowest BCUT2D eigenvalue weighted by molar-refractivity contribution is 0.555. The zero-order valence-corrected chi connectivity index (χ0v) is 12.2. The third kappa shape index (κ3) is 3.42. The van der Waals surface area contributed by atoms with Crippen LogP contribution < -0.4 is 10.2 Å². The molecular weight excluding hydrogens is 297 g/mol. The Morgan fingerprint density at radius 1 is 1.61 bits per heavy atom. The number of pyridine rings is 1. The molecule has 0 aromatic carbocycles. The normalized spacial score (nSPS) is 19.2. The Morgan fingerprint density at radius 3 is 3.06 bits per heavy atom. The lowest BCUT2D eigenvalue weighted by Gasteiger charge is -2.26. The number of anilines is 1. The van der Waals surface area contributed by atoms with Gasteiger partial charge in [-0.25, -0.2) is 9.37 Å². The predicted octanol–water partition coefficient (Wildman–Crippen LogP) is 2.95. The fourth-order valence-electron chi connectivity index (χ4n) is 2.37. The average molecular weight is 316 g/mol. The molecule has 1 unspecified atom stereocenters. The maximum absolute atomic E-state index is 13.9. The van der Waals surface area contributed by atoms with Crippen molar-refractivity contribution in [2.75, 3.05) is 24.5 Å². The number of halogens is 2. The van der Waals surface area contributed by atoms with Crippen LogP contribution in [0.15, 0.2) is 16.7 Å². The van der Waals surface area contributed by atoms with Crippen LogP contribution in [0.1, 0.15) is 26.2 Å². The van der Waals surface area contributed by atoms with Gasteiger partial charge in [-0.05, 0) is 47.8 Å². The Kier molecular flexibility index (Phi) is 4.95. The number of hydrogen-bond donors (Lipinski definition) is 1. The van der Waals surface area contributed by atoms with Gasteiger partial charge in [0.25, 0.3) is 0 Å². The zero-order chi connectivity index (χ0) is 13.0. The van der Waals surface area contributed by atoms with E-state index >= 15 is 0 Å². The standard InChI is InChI=1S/C13H19BrFN3/c1-2-6-18(9-11-4-3-5-16-11)13-12(15)7-10(14)8-17-13/h7-8,11,16H,2-6,9H2,1H3. The van der Waals surface area contributed by atoms with Crippen LogP contribution in [0.3, 0.4) is 0 Å². The van der Waals surface area contributed by atoms with E-state index in [1.165, 1.54) is 18.9 Å². The van der Waals surface area contributed by atoms with Crippen LogP contribution in [0.4, 0.5) is 10.2 Å². The number of aromatic nitrogens is 1. The number of nitrogens with one attached hydrogen (secondary N) is 1. The fraction of sp³-hybridized carbons (Fsp3) is 0.615. The van der Waals surface area contributed by atoms with Gasteiger partial charge in [-0.3, -0.25) is 0 Å². The van der Waals surface area contributed by atoms with Crippen LogP contribution in [0.2, 0.25) is 0 Å². The van der Waals surface area contributed by atoms with Gasteiger partial charge in [0.1, 0.15) is 0 Å². The molecule has 2 rings (SSSR count). The summed E-state index contributed by atoms with van der Waals surface area (Å²) in [5.41, 5.74) is 0. The lowest BCUT2D eigenvalue weighted by atomic mass is 10.2. The third-order valence-corrected chi connectivity index (χ3v) is 3.62. The molecule has 0 aliphatic carbocycles. The quantitative estimate of drug-likeness (QED) is 0.905. The van der Waals surface area contributed by atoms with Crippen molar-refractivity contribution in [3.05, 3.63) is 22.6 Å². The van der Waals surface area contributed by atoms with E-state index in [2.05, 4.69) is 33.2 Å². The van der Waals surface area contributed by atoms with E-state index in [1.807, 2.05) is 4.90 Å². The molecule has 1 aromatic rings. The molecule has 0 spiro atoms. The summed E-state index contributed by atoms with van der Waals surface area (Å²) in [6.45, 7) is 4.84. The van der Waals surface area contributed by atoms with Gasteiger partial charge in [0, 0.05) is 29.8 Å². The molecule has 5 heteroatoms. The van der Waals surface area contributed by atoms with Crippen molar-refractivity contribution in [1.82, 2.24) is 10.3 Å². The van der Waals surface area contributed by atoms with E-state index < -0.39 is 0 Å². The van der Waals surface area contributed by atoms with E-state index in [0.717, 1.165) is 26.1 Å². The minimum Gasteiger partial charge on any atom is -0.353 e. The highest BCUT2D eigenvalue weighted by Gasteiger charge is 2.20. The van der Waals surface area contributed by atoms with Crippen LogP contribution in [0.5, 0.6) is 0 Å². The summed E-state index contributed by atoms with van der Waals surface area (Å²) in [5, 5.41) is 3.44. The highest BCUT2D eigenvalue weighted by molar-refractivity contribution is 9.10. The molecule has 18 heavy (non-hydrogen) atoms. The zero-order valence-electron chi connectivity index (χ0n) is 10.6. The molecule has 1 N–H and O–H groups in total. The first-order chi connectivity index (χ1) is 8.70. The van der Waals surface area contributed by atoms with Crippen LogP contribution >= 0.6 is 15.9 Å². The van der Waals surface area contributed by atoms with Crippen LogP contribution in [0.25, 0.3) is 0 Å². The van der Waals surface area contributed by atoms with Crippen molar-refractivity contribution < 1.29 is 4.39 Å². The molecule has 1 aliphatic heterocycles. The first-order valence-corrected chi connectivity index (χ1v) is 7.29. The van der Waals surface area contributed by atoms with Crippen molar-refractivity contribution in [3.63, 3.8) is 0 Å². The molecule has 0 radical (unpaired) electrons. The second-order valence-electron chi connectivity index (χ2n) is 4.70. The minimum absolute atomic E-state index is 0.254. The first-order valence-electron chi connectivity index (χ1n) is 6.50. The van der Waals surface area contributed by atoms with Gasteiger partial charge in [0.15, 0.2) is 11.6 Å². The summed E-state index contributed by atoms with van der Waals surface area (Å²) in [6, 6.07) is 1.94. The van der Waals surface area contributed by atoms with Crippen molar-refractivity contribution in [3.8, 4) is 0 Å². The van der Waals surface area contributed by atoms with E-state index in [1.54, 1.807) is 6.20 Å². The smallest absolute Gasteiger partial charge is 0.166 e. The lowest BCUT2D eigenvalue weighted by Crippen LogP contribution is -2.38. The van der Waals surface area contributed by atoms with Crippen molar-refractivity contribution in [1.29, 1.82) is 0 Å². The van der Waals surface area contributed by atoms with Gasteiger partial charge in [-0.15, -0.1) is 0 Å². The molecule has 1 aliphatic rings. The monoisotopic (exact) mass is 315 g/mol. The minimum atomic E-state index is -0.254. The van der Waals surface area contributed by atoms with Gasteiger partial charge in [0.2, 0.25) is 0 Å². The number of rotatable bonds is 5. The van der Waals surface area contributed by atoms with Crippen LogP contribution in [-0.2, 0) is 0 Å². The maximum atomic E-state index is 13.9. The SMILES string of the molecule is CCCN(CC1CCCN1)c1ncc(Br)cc1F. The molecule has 2 heterocycles. The van der Waals surface area contributed by atoms with Crippen LogP contribution in [-0.4, -0.2) is 30.7 Å². The van der Waals surface area contributed by atoms with Crippen molar-refractivity contribution in [2.24, 2.45) is 0 Å². The molecule has 1 atom stereocenters. The second kappa shape index (κ2) is 6.48. The summed E-state index contributed by atoms with van der Waals surface area (Å²) >= 11 is 3.24. The molecule has 100 valence electrons. The fourth-order valence-corrected chi connectivity index (χ4v) is 2.68.